The summed E-state index contributed by atoms with van der Waals surface area (Å²) < 4.78 is 1.66. The van der Waals surface area contributed by atoms with Crippen LogP contribution in [-0.2, 0) is 0 Å². The molecule has 3 nitrogen and oxygen atoms in total. The number of aliphatic hydroxyl groups excluding tert-OH is 1. The van der Waals surface area contributed by atoms with Crippen molar-refractivity contribution in [3.8, 4) is 0 Å². The molecule has 1 amide bonds. The molecule has 0 bridgehead atoms. The highest BCUT2D eigenvalue weighted by atomic mass is 79.9. The molecule has 0 saturated carbocycles. The maximum absolute atomic E-state index is 11.9. The Bertz CT molecular complexity index is 419. The summed E-state index contributed by atoms with van der Waals surface area (Å²) in [6.07, 6.45) is 0. The number of aliphatic hydroxyl groups is 1. The molecule has 0 spiro atoms. The molecule has 0 aliphatic carbocycles. The quantitative estimate of drug-likeness (QED) is 0.862. The van der Waals surface area contributed by atoms with Gasteiger partial charge >= 0.3 is 0 Å². The molecule has 0 fully saturated rings. The SMILES string of the molecule is CC(C)(CO)CNC(=O)c1ccc(Br)cc1Br. The zero-order valence-electron chi connectivity index (χ0n) is 9.76. The fourth-order valence-electron chi connectivity index (χ4n) is 1.14. The number of carbonyl (C=O) groups is 1. The topological polar surface area (TPSA) is 49.3 Å². The van der Waals surface area contributed by atoms with Gasteiger partial charge < -0.3 is 10.4 Å². The third-order valence-electron chi connectivity index (χ3n) is 2.33. The lowest BCUT2D eigenvalue weighted by Crippen LogP contribution is -2.36. The molecule has 2 N–H and O–H groups in total. The van der Waals surface area contributed by atoms with Crippen LogP contribution in [0.3, 0.4) is 0 Å². The number of amides is 1. The third-order valence-corrected chi connectivity index (χ3v) is 3.48. The maximum atomic E-state index is 11.9. The molecule has 1 aromatic rings. The minimum atomic E-state index is -0.308. The van der Waals surface area contributed by atoms with Gasteiger partial charge in [-0.3, -0.25) is 4.79 Å². The number of rotatable bonds is 4. The van der Waals surface area contributed by atoms with Crippen LogP contribution in [0.25, 0.3) is 0 Å². The van der Waals surface area contributed by atoms with Gasteiger partial charge in [-0.05, 0) is 34.1 Å². The number of hydrogen-bond acceptors (Lipinski definition) is 2. The van der Waals surface area contributed by atoms with Crippen molar-refractivity contribution in [1.82, 2.24) is 5.32 Å². The van der Waals surface area contributed by atoms with Crippen LogP contribution in [0.5, 0.6) is 0 Å². The molecule has 1 rings (SSSR count). The van der Waals surface area contributed by atoms with Crippen LogP contribution in [0.1, 0.15) is 24.2 Å². The third kappa shape index (κ3) is 4.41. The first kappa shape index (κ1) is 14.7. The van der Waals surface area contributed by atoms with Crippen LogP contribution in [-0.4, -0.2) is 24.2 Å². The van der Waals surface area contributed by atoms with Crippen molar-refractivity contribution < 1.29 is 9.90 Å². The standard InChI is InChI=1S/C12H15Br2NO2/c1-12(2,7-16)6-15-11(17)9-4-3-8(13)5-10(9)14/h3-5,16H,6-7H2,1-2H3,(H,15,17). The van der Waals surface area contributed by atoms with Crippen LogP contribution >= 0.6 is 31.9 Å². The predicted molar refractivity (Wildman–Crippen MR) is 75.0 cm³/mol. The summed E-state index contributed by atoms with van der Waals surface area (Å²) in [7, 11) is 0. The number of benzene rings is 1. The van der Waals surface area contributed by atoms with Crippen molar-refractivity contribution in [3.63, 3.8) is 0 Å². The van der Waals surface area contributed by atoms with Gasteiger partial charge in [-0.1, -0.05) is 29.8 Å². The molecule has 0 radical (unpaired) electrons. The van der Waals surface area contributed by atoms with E-state index in [1.807, 2.05) is 26.0 Å². The van der Waals surface area contributed by atoms with Crippen molar-refractivity contribution >= 4 is 37.8 Å². The molecule has 94 valence electrons. The van der Waals surface area contributed by atoms with Gasteiger partial charge in [-0.2, -0.15) is 0 Å². The molecule has 0 unspecified atom stereocenters. The minimum absolute atomic E-state index is 0.0365. The second kappa shape index (κ2) is 5.98. The summed E-state index contributed by atoms with van der Waals surface area (Å²) in [5.41, 5.74) is 0.277. The summed E-state index contributed by atoms with van der Waals surface area (Å²) in [6, 6.07) is 5.39. The molecule has 0 saturated heterocycles. The smallest absolute Gasteiger partial charge is 0.252 e. The molecule has 17 heavy (non-hydrogen) atoms. The molecule has 0 aliphatic heterocycles. The van der Waals surface area contributed by atoms with Crippen molar-refractivity contribution in [2.75, 3.05) is 13.2 Å². The lowest BCUT2D eigenvalue weighted by Gasteiger charge is -2.22. The summed E-state index contributed by atoms with van der Waals surface area (Å²) >= 11 is 6.68. The van der Waals surface area contributed by atoms with E-state index in [9.17, 15) is 4.79 Å². The summed E-state index contributed by atoms with van der Waals surface area (Å²) in [5, 5.41) is 11.9. The number of nitrogens with one attached hydrogen (secondary N) is 1. The zero-order chi connectivity index (χ0) is 13.1. The molecule has 1 aromatic carbocycles. The monoisotopic (exact) mass is 363 g/mol. The number of hydrogen-bond donors (Lipinski definition) is 2. The van der Waals surface area contributed by atoms with E-state index in [0.29, 0.717) is 12.1 Å². The van der Waals surface area contributed by atoms with E-state index >= 15 is 0 Å². The van der Waals surface area contributed by atoms with Gasteiger partial charge in [0, 0.05) is 27.5 Å². The van der Waals surface area contributed by atoms with Crippen molar-refractivity contribution in [1.29, 1.82) is 0 Å². The average Bonchev–Trinajstić information content (AvgIpc) is 2.26. The molecule has 5 heteroatoms. The summed E-state index contributed by atoms with van der Waals surface area (Å²) in [6.45, 7) is 4.26. The Kier molecular flexibility index (Phi) is 5.16. The van der Waals surface area contributed by atoms with E-state index in [0.717, 1.165) is 8.95 Å². The highest BCUT2D eigenvalue weighted by molar-refractivity contribution is 9.11. The lowest BCUT2D eigenvalue weighted by molar-refractivity contribution is 0.0910. The van der Waals surface area contributed by atoms with E-state index < -0.39 is 0 Å². The van der Waals surface area contributed by atoms with Crippen LogP contribution in [0.4, 0.5) is 0 Å². The van der Waals surface area contributed by atoms with E-state index in [2.05, 4.69) is 37.2 Å². The Morgan fingerprint density at radius 1 is 1.41 bits per heavy atom. The molecular formula is C12H15Br2NO2. The van der Waals surface area contributed by atoms with Crippen molar-refractivity contribution in [2.45, 2.75) is 13.8 Å². The first-order valence-electron chi connectivity index (χ1n) is 5.20. The Morgan fingerprint density at radius 2 is 2.06 bits per heavy atom. The first-order chi connectivity index (χ1) is 7.85. The number of halogens is 2. The fraction of sp³-hybridized carbons (Fsp3) is 0.417. The largest absolute Gasteiger partial charge is 0.396 e. The van der Waals surface area contributed by atoms with Crippen molar-refractivity contribution in [2.24, 2.45) is 5.41 Å². The predicted octanol–water partition coefficient (Wildman–Crippen LogP) is 2.96. The van der Waals surface area contributed by atoms with Gasteiger partial charge in [0.1, 0.15) is 0 Å². The Hall–Kier alpha value is -0.390. The highest BCUT2D eigenvalue weighted by Gasteiger charge is 2.18. The van der Waals surface area contributed by atoms with Gasteiger partial charge in [0.15, 0.2) is 0 Å². The average molecular weight is 365 g/mol. The van der Waals surface area contributed by atoms with Gasteiger partial charge in [0.05, 0.1) is 5.56 Å². The first-order valence-corrected chi connectivity index (χ1v) is 6.78. The van der Waals surface area contributed by atoms with E-state index in [1.54, 1.807) is 6.07 Å². The van der Waals surface area contributed by atoms with Crippen molar-refractivity contribution in [3.05, 3.63) is 32.7 Å². The Balaban J connectivity index is 2.71. The minimum Gasteiger partial charge on any atom is -0.396 e. The van der Waals surface area contributed by atoms with E-state index in [-0.39, 0.29) is 17.9 Å². The van der Waals surface area contributed by atoms with Gasteiger partial charge in [0.2, 0.25) is 0 Å². The second-order valence-corrected chi connectivity index (χ2v) is 6.40. The van der Waals surface area contributed by atoms with Crippen LogP contribution in [0.15, 0.2) is 27.1 Å². The van der Waals surface area contributed by atoms with Gasteiger partial charge in [0.25, 0.3) is 5.91 Å². The lowest BCUT2D eigenvalue weighted by atomic mass is 9.95. The summed E-state index contributed by atoms with van der Waals surface area (Å²) in [5.74, 6) is -0.147. The van der Waals surface area contributed by atoms with E-state index in [4.69, 9.17) is 5.11 Å². The normalized spacial score (nSPS) is 11.4. The molecular weight excluding hydrogens is 350 g/mol. The van der Waals surface area contributed by atoms with Gasteiger partial charge in [-0.25, -0.2) is 0 Å². The maximum Gasteiger partial charge on any atom is 0.252 e. The highest BCUT2D eigenvalue weighted by Crippen LogP contribution is 2.22. The van der Waals surface area contributed by atoms with E-state index in [1.165, 1.54) is 0 Å². The second-order valence-electron chi connectivity index (χ2n) is 4.63. The van der Waals surface area contributed by atoms with Gasteiger partial charge in [-0.15, -0.1) is 0 Å². The number of carbonyl (C=O) groups excluding carboxylic acids is 1. The zero-order valence-corrected chi connectivity index (χ0v) is 12.9. The van der Waals surface area contributed by atoms with Crippen LogP contribution in [0, 0.1) is 5.41 Å². The Labute approximate surface area is 118 Å². The fourth-order valence-corrected chi connectivity index (χ4v) is 2.37. The molecule has 0 atom stereocenters. The van der Waals surface area contributed by atoms with Crippen LogP contribution < -0.4 is 5.32 Å². The van der Waals surface area contributed by atoms with Crippen LogP contribution in [0.2, 0.25) is 0 Å². The molecule has 0 heterocycles. The summed E-state index contributed by atoms with van der Waals surface area (Å²) in [4.78, 5) is 11.9. The molecule has 0 aromatic heterocycles. The Morgan fingerprint density at radius 3 is 2.59 bits per heavy atom. The molecule has 0 aliphatic rings.